The van der Waals surface area contributed by atoms with Crippen molar-refractivity contribution in [2.45, 2.75) is 18.1 Å². The number of nitrogens with zero attached hydrogens (tertiary/aromatic N) is 1. The van der Waals surface area contributed by atoms with Gasteiger partial charge >= 0.3 is 0 Å². The van der Waals surface area contributed by atoms with Crippen LogP contribution in [-0.4, -0.2) is 17.1 Å². The SMILES string of the molecule is CC1(S(=O)(=O)n2ccc3ccccc32)C=C(F)C=CC1. The zero-order valence-corrected chi connectivity index (χ0v) is 11.8. The van der Waals surface area contributed by atoms with Crippen molar-refractivity contribution in [3.8, 4) is 0 Å². The van der Waals surface area contributed by atoms with E-state index in [0.29, 0.717) is 5.52 Å². The van der Waals surface area contributed by atoms with Crippen LogP contribution in [0.5, 0.6) is 0 Å². The summed E-state index contributed by atoms with van der Waals surface area (Å²) in [6.07, 6.45) is 5.81. The molecule has 104 valence electrons. The maximum Gasteiger partial charge on any atom is 0.248 e. The summed E-state index contributed by atoms with van der Waals surface area (Å²) in [5.74, 6) is -0.515. The van der Waals surface area contributed by atoms with Crippen molar-refractivity contribution in [2.24, 2.45) is 0 Å². The first-order valence-corrected chi connectivity index (χ1v) is 7.74. The molecular weight excluding hydrogens is 277 g/mol. The predicted octanol–water partition coefficient (Wildman–Crippen LogP) is 3.39. The first-order chi connectivity index (χ1) is 9.44. The normalized spacial score (nSPS) is 23.0. The van der Waals surface area contributed by atoms with E-state index in [-0.39, 0.29) is 6.42 Å². The lowest BCUT2D eigenvalue weighted by atomic mass is 10.0. The van der Waals surface area contributed by atoms with Crippen LogP contribution in [0.25, 0.3) is 10.9 Å². The standard InChI is InChI=1S/C15H14FNO2S/c1-15(9-4-6-13(16)11-15)20(18,19)17-10-8-12-5-2-3-7-14(12)17/h2-8,10-11H,9H2,1H3. The molecule has 1 unspecified atom stereocenters. The third kappa shape index (κ3) is 1.81. The lowest BCUT2D eigenvalue weighted by molar-refractivity contribution is 0.545. The van der Waals surface area contributed by atoms with Crippen LogP contribution < -0.4 is 0 Å². The molecule has 0 bridgehead atoms. The van der Waals surface area contributed by atoms with Crippen LogP contribution in [-0.2, 0) is 10.0 Å². The van der Waals surface area contributed by atoms with Crippen LogP contribution >= 0.6 is 0 Å². The van der Waals surface area contributed by atoms with E-state index in [1.165, 1.54) is 22.3 Å². The average molecular weight is 291 g/mol. The molecule has 0 saturated heterocycles. The molecule has 0 fully saturated rings. The Morgan fingerprint density at radius 1 is 1.25 bits per heavy atom. The summed E-state index contributed by atoms with van der Waals surface area (Å²) >= 11 is 0. The lowest BCUT2D eigenvalue weighted by Gasteiger charge is -2.27. The summed E-state index contributed by atoms with van der Waals surface area (Å²) in [5, 5.41) is 0.843. The van der Waals surface area contributed by atoms with Crippen LogP contribution in [0.2, 0.25) is 0 Å². The Morgan fingerprint density at radius 2 is 2.00 bits per heavy atom. The van der Waals surface area contributed by atoms with Crippen LogP contribution in [0, 0.1) is 0 Å². The second-order valence-corrected chi connectivity index (χ2v) is 7.40. The molecule has 5 heteroatoms. The highest BCUT2D eigenvalue weighted by Gasteiger charge is 2.39. The van der Waals surface area contributed by atoms with Gasteiger partial charge in [-0.15, -0.1) is 0 Å². The highest BCUT2D eigenvalue weighted by molar-refractivity contribution is 7.91. The molecule has 0 radical (unpaired) electrons. The first kappa shape index (κ1) is 13.1. The number of aromatic nitrogens is 1. The second kappa shape index (κ2) is 4.31. The third-order valence-electron chi connectivity index (χ3n) is 3.66. The number of hydrogen-bond donors (Lipinski definition) is 0. The second-order valence-electron chi connectivity index (χ2n) is 5.12. The van der Waals surface area contributed by atoms with Gasteiger partial charge in [-0.2, -0.15) is 0 Å². The topological polar surface area (TPSA) is 39.1 Å². The molecule has 1 aliphatic rings. The van der Waals surface area contributed by atoms with Crippen LogP contribution in [0.3, 0.4) is 0 Å². The Kier molecular flexibility index (Phi) is 2.83. The summed E-state index contributed by atoms with van der Waals surface area (Å²) in [5.41, 5.74) is 0.608. The Labute approximate surface area is 117 Å². The van der Waals surface area contributed by atoms with Gasteiger partial charge in [0.25, 0.3) is 0 Å². The maximum atomic E-state index is 13.5. The van der Waals surface area contributed by atoms with Gasteiger partial charge in [0.15, 0.2) is 0 Å². The molecule has 3 rings (SSSR count). The Balaban J connectivity index is 2.20. The summed E-state index contributed by atoms with van der Waals surface area (Å²) < 4.78 is 39.1. The summed E-state index contributed by atoms with van der Waals surface area (Å²) in [7, 11) is -3.73. The maximum absolute atomic E-state index is 13.5. The number of benzene rings is 1. The van der Waals surface area contributed by atoms with Gasteiger partial charge in [-0.05, 0) is 37.6 Å². The number of halogens is 1. The van der Waals surface area contributed by atoms with Crippen LogP contribution in [0.4, 0.5) is 4.39 Å². The molecule has 0 saturated carbocycles. The van der Waals surface area contributed by atoms with E-state index < -0.39 is 20.6 Å². The summed E-state index contributed by atoms with van der Waals surface area (Å²) in [6.45, 7) is 1.54. The fraction of sp³-hybridized carbons (Fsp3) is 0.200. The molecule has 0 aliphatic heterocycles. The van der Waals surface area contributed by atoms with Crippen molar-refractivity contribution in [3.63, 3.8) is 0 Å². The van der Waals surface area contributed by atoms with Gasteiger partial charge in [0.2, 0.25) is 10.0 Å². The van der Waals surface area contributed by atoms with Crippen LogP contribution in [0.1, 0.15) is 13.3 Å². The van der Waals surface area contributed by atoms with Crippen LogP contribution in [0.15, 0.2) is 60.6 Å². The van der Waals surface area contributed by atoms with Crippen molar-refractivity contribution in [2.75, 3.05) is 0 Å². The molecule has 0 amide bonds. The van der Waals surface area contributed by atoms with Crippen molar-refractivity contribution >= 4 is 20.9 Å². The number of rotatable bonds is 2. The van der Waals surface area contributed by atoms with Crippen molar-refractivity contribution < 1.29 is 12.8 Å². The van der Waals surface area contributed by atoms with Crippen molar-refractivity contribution in [1.82, 2.24) is 3.97 Å². The van der Waals surface area contributed by atoms with Gasteiger partial charge in [-0.25, -0.2) is 16.8 Å². The quantitative estimate of drug-likeness (QED) is 0.850. The van der Waals surface area contributed by atoms with E-state index in [0.717, 1.165) is 5.39 Å². The molecular formula is C15H14FNO2S. The minimum atomic E-state index is -3.73. The molecule has 2 aromatic rings. The highest BCUT2D eigenvalue weighted by Crippen LogP contribution is 2.33. The van der Waals surface area contributed by atoms with Gasteiger partial charge in [0, 0.05) is 11.6 Å². The molecule has 0 N–H and O–H groups in total. The molecule has 1 aromatic heterocycles. The lowest BCUT2D eigenvalue weighted by Crippen LogP contribution is -2.38. The molecule has 1 aromatic carbocycles. The Bertz CT molecular complexity index is 832. The van der Waals surface area contributed by atoms with E-state index in [4.69, 9.17) is 0 Å². The van der Waals surface area contributed by atoms with E-state index in [1.54, 1.807) is 31.2 Å². The minimum absolute atomic E-state index is 0.259. The van der Waals surface area contributed by atoms with Gasteiger partial charge in [-0.3, -0.25) is 0 Å². The molecule has 20 heavy (non-hydrogen) atoms. The average Bonchev–Trinajstić information content (AvgIpc) is 2.82. The van der Waals surface area contributed by atoms with Gasteiger partial charge < -0.3 is 0 Å². The summed E-state index contributed by atoms with van der Waals surface area (Å²) in [4.78, 5) is 0. The zero-order chi connectivity index (χ0) is 14.4. The zero-order valence-electron chi connectivity index (χ0n) is 11.0. The van der Waals surface area contributed by atoms with E-state index in [2.05, 4.69) is 0 Å². The van der Waals surface area contributed by atoms with Gasteiger partial charge in [-0.1, -0.05) is 24.3 Å². The van der Waals surface area contributed by atoms with Crippen molar-refractivity contribution in [1.29, 1.82) is 0 Å². The number of hydrogen-bond acceptors (Lipinski definition) is 2. The minimum Gasteiger partial charge on any atom is -0.244 e. The predicted molar refractivity (Wildman–Crippen MR) is 77.6 cm³/mol. The van der Waals surface area contributed by atoms with E-state index >= 15 is 0 Å². The fourth-order valence-electron chi connectivity index (χ4n) is 2.48. The summed E-state index contributed by atoms with van der Waals surface area (Å²) in [6, 6.07) is 8.97. The Hall–Kier alpha value is -1.88. The van der Waals surface area contributed by atoms with Crippen molar-refractivity contribution in [3.05, 3.63) is 60.6 Å². The monoisotopic (exact) mass is 291 g/mol. The first-order valence-electron chi connectivity index (χ1n) is 6.30. The number of fused-ring (bicyclic) bond motifs is 1. The van der Waals surface area contributed by atoms with E-state index in [1.807, 2.05) is 12.1 Å². The molecule has 1 aliphatic carbocycles. The Morgan fingerprint density at radius 3 is 2.75 bits per heavy atom. The largest absolute Gasteiger partial charge is 0.248 e. The number of para-hydroxylation sites is 1. The molecule has 1 heterocycles. The number of allylic oxidation sites excluding steroid dienone is 3. The smallest absolute Gasteiger partial charge is 0.244 e. The fourth-order valence-corrected chi connectivity index (χ4v) is 4.14. The highest BCUT2D eigenvalue weighted by atomic mass is 32.2. The molecule has 0 spiro atoms. The van der Waals surface area contributed by atoms with E-state index in [9.17, 15) is 12.8 Å². The van der Waals surface area contributed by atoms with Gasteiger partial charge in [0.1, 0.15) is 10.6 Å². The van der Waals surface area contributed by atoms with Gasteiger partial charge in [0.05, 0.1) is 5.52 Å². The molecule has 3 nitrogen and oxygen atoms in total. The third-order valence-corrected chi connectivity index (χ3v) is 5.95. The molecule has 1 atom stereocenters.